The highest BCUT2D eigenvalue weighted by molar-refractivity contribution is 5.78. The lowest BCUT2D eigenvalue weighted by Crippen LogP contribution is -2.19. The Morgan fingerprint density at radius 1 is 1.09 bits per heavy atom. The van der Waals surface area contributed by atoms with E-state index in [0.717, 1.165) is 24.0 Å². The number of aldehydes is 1. The second-order valence-corrected chi connectivity index (χ2v) is 10.3. The van der Waals surface area contributed by atoms with Gasteiger partial charge in [-0.15, -0.1) is 0 Å². The predicted molar refractivity (Wildman–Crippen MR) is 143 cm³/mol. The van der Waals surface area contributed by atoms with E-state index in [-0.39, 0.29) is 11.3 Å². The van der Waals surface area contributed by atoms with Crippen LogP contribution in [0.15, 0.2) is 94.7 Å². The molecule has 0 radical (unpaired) electrons. The molecule has 2 heteroatoms. The third-order valence-corrected chi connectivity index (χ3v) is 7.00. The standard InChI is InChI=1S/C31H39NO/c1-23(12-19-30-24(2)10-8-20-31(30,3)4)9-7-11-25-13-14-27(22-33)29(21-25)26-15-17-28(18-16-26)32(5)6/h7,9,11-19,22,29H,8,10,20-21H2,1-6H3/b11-7+,19-12+,23-9+. The molecule has 3 rings (SSSR count). The monoisotopic (exact) mass is 441 g/mol. The van der Waals surface area contributed by atoms with Crippen LogP contribution in [0.3, 0.4) is 0 Å². The van der Waals surface area contributed by atoms with Crippen LogP contribution in [0.1, 0.15) is 64.9 Å². The second kappa shape index (κ2) is 10.8. The molecule has 0 heterocycles. The maximum atomic E-state index is 11.7. The van der Waals surface area contributed by atoms with Crippen LogP contribution in [0.4, 0.5) is 5.69 Å². The van der Waals surface area contributed by atoms with E-state index in [2.05, 4.69) is 93.3 Å². The van der Waals surface area contributed by atoms with Crippen molar-refractivity contribution in [3.05, 3.63) is 100 Å². The number of hydrogen-bond acceptors (Lipinski definition) is 2. The fourth-order valence-corrected chi connectivity index (χ4v) is 4.91. The molecule has 174 valence electrons. The number of carbonyl (C=O) groups is 1. The molecule has 2 aliphatic carbocycles. The van der Waals surface area contributed by atoms with Crippen molar-refractivity contribution in [1.82, 2.24) is 0 Å². The van der Waals surface area contributed by atoms with Crippen molar-refractivity contribution in [3.8, 4) is 0 Å². The van der Waals surface area contributed by atoms with E-state index >= 15 is 0 Å². The van der Waals surface area contributed by atoms with Gasteiger partial charge in [0.05, 0.1) is 0 Å². The van der Waals surface area contributed by atoms with Crippen LogP contribution in [0.2, 0.25) is 0 Å². The van der Waals surface area contributed by atoms with E-state index < -0.39 is 0 Å². The van der Waals surface area contributed by atoms with Crippen LogP contribution < -0.4 is 4.90 Å². The minimum absolute atomic E-state index is 0.108. The van der Waals surface area contributed by atoms with Gasteiger partial charge in [0.25, 0.3) is 0 Å². The summed E-state index contributed by atoms with van der Waals surface area (Å²) in [5.41, 5.74) is 8.97. The van der Waals surface area contributed by atoms with Crippen molar-refractivity contribution in [2.24, 2.45) is 5.41 Å². The Kier molecular flexibility index (Phi) is 8.13. The number of carbonyl (C=O) groups excluding carboxylic acids is 1. The summed E-state index contributed by atoms with van der Waals surface area (Å²) >= 11 is 0. The molecule has 1 aromatic rings. The lowest BCUT2D eigenvalue weighted by atomic mass is 9.72. The summed E-state index contributed by atoms with van der Waals surface area (Å²) in [6, 6.07) is 8.52. The molecule has 1 aromatic carbocycles. The summed E-state index contributed by atoms with van der Waals surface area (Å²) in [5, 5.41) is 0. The van der Waals surface area contributed by atoms with Gasteiger partial charge in [-0.1, -0.05) is 79.7 Å². The zero-order valence-corrected chi connectivity index (χ0v) is 21.2. The summed E-state index contributed by atoms with van der Waals surface area (Å²) < 4.78 is 0. The lowest BCUT2D eigenvalue weighted by Gasteiger charge is -2.32. The average molecular weight is 442 g/mol. The van der Waals surface area contributed by atoms with Gasteiger partial charge in [0, 0.05) is 25.7 Å². The highest BCUT2D eigenvalue weighted by Crippen LogP contribution is 2.41. The molecule has 0 amide bonds. The van der Waals surface area contributed by atoms with Gasteiger partial charge in [-0.25, -0.2) is 0 Å². The van der Waals surface area contributed by atoms with Crippen molar-refractivity contribution in [3.63, 3.8) is 0 Å². The van der Waals surface area contributed by atoms with Crippen LogP contribution in [0, 0.1) is 5.41 Å². The Bertz CT molecular complexity index is 1040. The first-order valence-corrected chi connectivity index (χ1v) is 12.1. The zero-order valence-electron chi connectivity index (χ0n) is 21.2. The number of rotatable bonds is 7. The van der Waals surface area contributed by atoms with Crippen LogP contribution in [-0.2, 0) is 4.79 Å². The number of allylic oxidation sites excluding steroid dienone is 12. The lowest BCUT2D eigenvalue weighted by molar-refractivity contribution is -0.105. The predicted octanol–water partition coefficient (Wildman–Crippen LogP) is 7.88. The summed E-state index contributed by atoms with van der Waals surface area (Å²) in [4.78, 5) is 13.7. The Morgan fingerprint density at radius 3 is 2.45 bits per heavy atom. The Balaban J connectivity index is 1.70. The minimum atomic E-state index is 0.108. The van der Waals surface area contributed by atoms with Gasteiger partial charge in [-0.2, -0.15) is 0 Å². The molecule has 33 heavy (non-hydrogen) atoms. The van der Waals surface area contributed by atoms with E-state index in [4.69, 9.17) is 0 Å². The molecular weight excluding hydrogens is 402 g/mol. The van der Waals surface area contributed by atoms with Gasteiger partial charge in [0.1, 0.15) is 6.29 Å². The molecule has 2 nitrogen and oxygen atoms in total. The van der Waals surface area contributed by atoms with Crippen molar-refractivity contribution < 1.29 is 4.79 Å². The van der Waals surface area contributed by atoms with Gasteiger partial charge in [-0.05, 0) is 79.4 Å². The first-order chi connectivity index (χ1) is 15.7. The molecule has 0 saturated heterocycles. The highest BCUT2D eigenvalue weighted by Gasteiger charge is 2.26. The average Bonchev–Trinajstić information content (AvgIpc) is 2.78. The minimum Gasteiger partial charge on any atom is -0.378 e. The van der Waals surface area contributed by atoms with Crippen molar-refractivity contribution in [1.29, 1.82) is 0 Å². The third-order valence-electron chi connectivity index (χ3n) is 7.00. The fourth-order valence-electron chi connectivity index (χ4n) is 4.91. The first-order valence-electron chi connectivity index (χ1n) is 12.1. The van der Waals surface area contributed by atoms with Crippen LogP contribution >= 0.6 is 0 Å². The van der Waals surface area contributed by atoms with E-state index in [1.165, 1.54) is 47.1 Å². The Morgan fingerprint density at radius 2 is 1.82 bits per heavy atom. The number of hydrogen-bond donors (Lipinski definition) is 0. The molecule has 0 N–H and O–H groups in total. The van der Waals surface area contributed by atoms with E-state index in [1.807, 2.05) is 20.2 Å². The first kappa shape index (κ1) is 24.8. The molecule has 0 bridgehead atoms. The van der Waals surface area contributed by atoms with Gasteiger partial charge in [0.2, 0.25) is 0 Å². The summed E-state index contributed by atoms with van der Waals surface area (Å²) in [6.45, 7) is 9.15. The van der Waals surface area contributed by atoms with Crippen molar-refractivity contribution >= 4 is 12.0 Å². The maximum Gasteiger partial charge on any atom is 0.146 e. The molecule has 2 aliphatic rings. The van der Waals surface area contributed by atoms with E-state index in [9.17, 15) is 4.79 Å². The number of nitrogens with zero attached hydrogens (tertiary/aromatic N) is 1. The van der Waals surface area contributed by atoms with E-state index in [1.54, 1.807) is 0 Å². The van der Waals surface area contributed by atoms with Gasteiger partial charge in [-0.3, -0.25) is 4.79 Å². The topological polar surface area (TPSA) is 20.3 Å². The normalized spacial score (nSPS) is 21.4. The molecule has 1 atom stereocenters. The maximum absolute atomic E-state index is 11.7. The zero-order chi connectivity index (χ0) is 24.0. The highest BCUT2D eigenvalue weighted by atomic mass is 16.1. The fraction of sp³-hybridized carbons (Fsp3) is 0.387. The van der Waals surface area contributed by atoms with E-state index in [0.29, 0.717) is 0 Å². The quantitative estimate of drug-likeness (QED) is 0.317. The molecule has 0 aromatic heterocycles. The number of anilines is 1. The largest absolute Gasteiger partial charge is 0.378 e. The molecule has 1 unspecified atom stereocenters. The smallest absolute Gasteiger partial charge is 0.146 e. The van der Waals surface area contributed by atoms with Crippen LogP contribution in [-0.4, -0.2) is 20.4 Å². The Hall–Kier alpha value is -2.87. The molecule has 0 saturated carbocycles. The third kappa shape index (κ3) is 6.35. The molecular formula is C31H39NO. The second-order valence-electron chi connectivity index (χ2n) is 10.3. The van der Waals surface area contributed by atoms with Crippen LogP contribution in [0.5, 0.6) is 0 Å². The van der Waals surface area contributed by atoms with Gasteiger partial charge < -0.3 is 4.90 Å². The van der Waals surface area contributed by atoms with Gasteiger partial charge >= 0.3 is 0 Å². The summed E-state index contributed by atoms with van der Waals surface area (Å²) in [5.74, 6) is 0.108. The SMILES string of the molecule is CC1=C(/C=C/C(C)=C/C=C/C2=CC=C(C=O)C(c3ccc(N(C)C)cc3)C2)C(C)(C)CCC1. The van der Waals surface area contributed by atoms with Crippen LogP contribution in [0.25, 0.3) is 0 Å². The Labute approximate surface area is 200 Å². The molecule has 0 spiro atoms. The van der Waals surface area contributed by atoms with Gasteiger partial charge in [0.15, 0.2) is 0 Å². The van der Waals surface area contributed by atoms with Crippen molar-refractivity contribution in [2.75, 3.05) is 19.0 Å². The molecule has 0 aliphatic heterocycles. The summed E-state index contributed by atoms with van der Waals surface area (Å²) in [6.07, 6.45) is 20.7. The molecule has 0 fully saturated rings. The van der Waals surface area contributed by atoms with Crippen molar-refractivity contribution in [2.45, 2.75) is 59.3 Å². The number of benzene rings is 1. The summed E-state index contributed by atoms with van der Waals surface area (Å²) in [7, 11) is 4.08.